The molecule has 1 aliphatic rings. The molecule has 0 spiro atoms. The third-order valence-electron chi connectivity index (χ3n) is 10.9. The predicted molar refractivity (Wildman–Crippen MR) is 228 cm³/mol. The van der Waals surface area contributed by atoms with E-state index >= 15 is 0 Å². The molecule has 0 N–H and O–H groups in total. The lowest BCUT2D eigenvalue weighted by Crippen LogP contribution is -2.10. The average molecular weight is 704 g/mol. The first kappa shape index (κ1) is 31.2. The van der Waals surface area contributed by atoms with Gasteiger partial charge < -0.3 is 14.1 Å². The molecule has 1 aliphatic heterocycles. The van der Waals surface area contributed by atoms with Crippen LogP contribution in [0.1, 0.15) is 0 Å². The summed E-state index contributed by atoms with van der Waals surface area (Å²) < 4.78 is 12.9. The van der Waals surface area contributed by atoms with E-state index in [1.54, 1.807) is 0 Å². The Bertz CT molecular complexity index is 3050. The Morgan fingerprint density at radius 1 is 0.345 bits per heavy atom. The zero-order chi connectivity index (χ0) is 36.3. The van der Waals surface area contributed by atoms with Gasteiger partial charge in [-0.2, -0.15) is 0 Å². The Morgan fingerprint density at radius 2 is 0.945 bits per heavy atom. The van der Waals surface area contributed by atoms with Crippen LogP contribution < -0.4 is 9.64 Å². The topological polar surface area (TPSA) is 25.6 Å². The lowest BCUT2D eigenvalue weighted by molar-refractivity contribution is 0.488. The second-order valence-corrected chi connectivity index (χ2v) is 14.1. The van der Waals surface area contributed by atoms with Gasteiger partial charge in [-0.1, -0.05) is 146 Å². The van der Waals surface area contributed by atoms with Crippen molar-refractivity contribution in [3.63, 3.8) is 0 Å². The van der Waals surface area contributed by atoms with E-state index in [0.717, 1.165) is 78.1 Å². The van der Waals surface area contributed by atoms with Crippen molar-refractivity contribution >= 4 is 49.8 Å². The van der Waals surface area contributed by atoms with E-state index in [4.69, 9.17) is 9.15 Å². The van der Waals surface area contributed by atoms with Gasteiger partial charge in [0.1, 0.15) is 22.7 Å². The summed E-state index contributed by atoms with van der Waals surface area (Å²) in [6, 6.07) is 70.9. The third-order valence-corrected chi connectivity index (χ3v) is 10.9. The van der Waals surface area contributed by atoms with Gasteiger partial charge in [-0.05, 0) is 87.6 Å². The van der Waals surface area contributed by atoms with Crippen LogP contribution in [0.15, 0.2) is 205 Å². The third kappa shape index (κ3) is 5.20. The van der Waals surface area contributed by atoms with Gasteiger partial charge in [0.25, 0.3) is 0 Å². The van der Waals surface area contributed by atoms with Gasteiger partial charge in [0.05, 0.1) is 0 Å². The molecular weight excluding hydrogens is 671 g/mol. The Balaban J connectivity index is 1.06. The van der Waals surface area contributed by atoms with Crippen molar-refractivity contribution in [3.05, 3.63) is 200 Å². The minimum absolute atomic E-state index is 0.865. The molecule has 1 aromatic heterocycles. The number of nitrogens with zero attached hydrogens (tertiary/aromatic N) is 1. The highest BCUT2D eigenvalue weighted by atomic mass is 16.5. The normalized spacial score (nSPS) is 11.8. The minimum Gasteiger partial charge on any atom is -0.456 e. The number of hydrogen-bond acceptors (Lipinski definition) is 3. The molecule has 0 aliphatic carbocycles. The maximum atomic E-state index is 6.52. The second kappa shape index (κ2) is 12.6. The summed E-state index contributed by atoms with van der Waals surface area (Å²) in [5.41, 5.74) is 14.1. The number of hydrogen-bond donors (Lipinski definition) is 0. The Morgan fingerprint density at radius 3 is 1.75 bits per heavy atom. The van der Waals surface area contributed by atoms with Gasteiger partial charge in [-0.25, -0.2) is 0 Å². The molecule has 258 valence electrons. The average Bonchev–Trinajstić information content (AvgIpc) is 3.57. The number of anilines is 3. The van der Waals surface area contributed by atoms with Crippen LogP contribution in [0.25, 0.3) is 77.2 Å². The van der Waals surface area contributed by atoms with Crippen LogP contribution in [-0.4, -0.2) is 0 Å². The first-order chi connectivity index (χ1) is 27.3. The molecular formula is C52H33NO2. The Hall–Kier alpha value is -7.36. The predicted octanol–water partition coefficient (Wildman–Crippen LogP) is 15.0. The zero-order valence-electron chi connectivity index (χ0n) is 29.8. The smallest absolute Gasteiger partial charge is 0.143 e. The second-order valence-electron chi connectivity index (χ2n) is 14.1. The van der Waals surface area contributed by atoms with E-state index in [1.165, 1.54) is 27.6 Å². The van der Waals surface area contributed by atoms with E-state index in [1.807, 2.05) is 24.3 Å². The summed E-state index contributed by atoms with van der Waals surface area (Å²) in [6.07, 6.45) is 0. The van der Waals surface area contributed by atoms with Gasteiger partial charge in [0.2, 0.25) is 0 Å². The van der Waals surface area contributed by atoms with Crippen molar-refractivity contribution in [3.8, 4) is 56.0 Å². The zero-order valence-corrected chi connectivity index (χ0v) is 29.8. The molecule has 2 heterocycles. The van der Waals surface area contributed by atoms with Crippen molar-refractivity contribution < 1.29 is 9.15 Å². The maximum absolute atomic E-state index is 6.52. The highest BCUT2D eigenvalue weighted by Crippen LogP contribution is 2.50. The van der Waals surface area contributed by atoms with Crippen molar-refractivity contribution in [2.45, 2.75) is 0 Å². The monoisotopic (exact) mass is 703 g/mol. The van der Waals surface area contributed by atoms with E-state index < -0.39 is 0 Å². The molecule has 10 aromatic rings. The summed E-state index contributed by atoms with van der Waals surface area (Å²) in [5.74, 6) is 1.73. The van der Waals surface area contributed by atoms with Crippen LogP contribution >= 0.6 is 0 Å². The van der Waals surface area contributed by atoms with E-state index in [9.17, 15) is 0 Å². The van der Waals surface area contributed by atoms with Crippen molar-refractivity contribution in [2.24, 2.45) is 0 Å². The molecule has 11 rings (SSSR count). The summed E-state index contributed by atoms with van der Waals surface area (Å²) in [6.45, 7) is 0. The van der Waals surface area contributed by atoms with Crippen molar-refractivity contribution in [1.82, 2.24) is 0 Å². The molecule has 0 radical (unpaired) electrons. The molecule has 0 atom stereocenters. The molecule has 0 amide bonds. The van der Waals surface area contributed by atoms with Crippen LogP contribution in [0, 0.1) is 0 Å². The lowest BCUT2D eigenvalue weighted by atomic mass is 9.89. The number of rotatable bonds is 5. The molecule has 0 unspecified atom stereocenters. The van der Waals surface area contributed by atoms with Gasteiger partial charge in [-0.3, -0.25) is 0 Å². The molecule has 0 fully saturated rings. The minimum atomic E-state index is 0.865. The highest BCUT2D eigenvalue weighted by Gasteiger charge is 2.23. The van der Waals surface area contributed by atoms with Crippen molar-refractivity contribution in [1.29, 1.82) is 0 Å². The lowest BCUT2D eigenvalue weighted by Gasteiger charge is -2.26. The number of furan rings is 1. The van der Waals surface area contributed by atoms with Gasteiger partial charge in [0.15, 0.2) is 0 Å². The largest absolute Gasteiger partial charge is 0.456 e. The fourth-order valence-corrected chi connectivity index (χ4v) is 8.28. The van der Waals surface area contributed by atoms with Crippen LogP contribution in [0.2, 0.25) is 0 Å². The van der Waals surface area contributed by atoms with Crippen LogP contribution in [0.3, 0.4) is 0 Å². The first-order valence-electron chi connectivity index (χ1n) is 18.7. The summed E-state index contributed by atoms with van der Waals surface area (Å²) >= 11 is 0. The quantitative estimate of drug-likeness (QED) is 0.178. The van der Waals surface area contributed by atoms with Crippen LogP contribution in [-0.2, 0) is 0 Å². The van der Waals surface area contributed by atoms with Gasteiger partial charge in [0, 0.05) is 50.1 Å². The molecule has 0 saturated carbocycles. The van der Waals surface area contributed by atoms with Crippen LogP contribution in [0.5, 0.6) is 11.5 Å². The number of para-hydroxylation sites is 4. The van der Waals surface area contributed by atoms with E-state index in [-0.39, 0.29) is 0 Å². The van der Waals surface area contributed by atoms with Gasteiger partial charge >= 0.3 is 0 Å². The molecule has 0 bridgehead atoms. The van der Waals surface area contributed by atoms with Crippen molar-refractivity contribution in [2.75, 3.05) is 4.90 Å². The molecule has 3 nitrogen and oxygen atoms in total. The van der Waals surface area contributed by atoms with Gasteiger partial charge in [-0.15, -0.1) is 0 Å². The van der Waals surface area contributed by atoms with Crippen LogP contribution in [0.4, 0.5) is 17.1 Å². The maximum Gasteiger partial charge on any atom is 0.143 e. The summed E-state index contributed by atoms with van der Waals surface area (Å²) in [7, 11) is 0. The van der Waals surface area contributed by atoms with E-state index in [2.05, 4.69) is 181 Å². The highest BCUT2D eigenvalue weighted by molar-refractivity contribution is 6.10. The summed E-state index contributed by atoms with van der Waals surface area (Å²) in [4.78, 5) is 2.35. The Labute approximate surface area is 318 Å². The standard InChI is InChI=1S/C52H33NO2/c1-2-11-34(12-3-1)35-21-26-38(27-22-35)53(39-28-23-36(24-29-39)42-16-10-17-46-44-14-5-8-19-49(44)55-52(42)46)40-30-32-41-37(33-40)25-31-45-43-13-4-7-18-48(43)54-50-20-9-6-15-47(50)51(41)45/h1-33H. The fraction of sp³-hybridized carbons (Fsp3) is 0. The molecule has 55 heavy (non-hydrogen) atoms. The SMILES string of the molecule is c1ccc(-c2ccc(N(c3ccc(-c4cccc5c4oc4ccccc45)cc3)c3ccc4c5c(ccc4c3)-c3ccccc3Oc3ccccc3-5)cc2)cc1. The number of ether oxygens (including phenoxy) is 1. The molecule has 3 heteroatoms. The molecule has 9 aromatic carbocycles. The Kier molecular flexibility index (Phi) is 7.17. The number of fused-ring (bicyclic) bond motifs is 10. The summed E-state index contributed by atoms with van der Waals surface area (Å²) in [5, 5.41) is 4.60. The molecule has 0 saturated heterocycles. The van der Waals surface area contributed by atoms with E-state index in [0.29, 0.717) is 0 Å². The first-order valence-corrected chi connectivity index (χ1v) is 18.7. The number of benzene rings is 9. The fourth-order valence-electron chi connectivity index (χ4n) is 8.28.